The van der Waals surface area contributed by atoms with Crippen LogP contribution in [-0.4, -0.2) is 56.2 Å². The minimum atomic E-state index is -0.398. The number of anilines is 1. The van der Waals surface area contributed by atoms with Crippen LogP contribution in [0, 0.1) is 0 Å². The summed E-state index contributed by atoms with van der Waals surface area (Å²) in [5, 5.41) is 0. The zero-order valence-corrected chi connectivity index (χ0v) is 11.1. The van der Waals surface area contributed by atoms with Crippen LogP contribution in [-0.2, 0) is 4.74 Å². The standard InChI is InChI=1S/C13H19N3O2/c1-15-7-6-11(9-15)16(2)10-4-5-12(14-8-10)13(17)18-3/h4-5,8,11H,6-7,9H2,1-3H3/t11-/m1/s1. The smallest absolute Gasteiger partial charge is 0.356 e. The topological polar surface area (TPSA) is 45.7 Å². The monoisotopic (exact) mass is 249 g/mol. The molecule has 0 aromatic carbocycles. The van der Waals surface area contributed by atoms with Crippen LogP contribution in [0.3, 0.4) is 0 Å². The van der Waals surface area contributed by atoms with Crippen molar-refractivity contribution in [3.05, 3.63) is 24.0 Å². The number of carbonyl (C=O) groups excluding carboxylic acids is 1. The number of likely N-dealkylation sites (N-methyl/N-ethyl adjacent to an activating group) is 2. The van der Waals surface area contributed by atoms with Gasteiger partial charge in [0.05, 0.1) is 19.0 Å². The molecule has 1 aromatic heterocycles. The number of pyridine rings is 1. The average molecular weight is 249 g/mol. The third kappa shape index (κ3) is 2.61. The van der Waals surface area contributed by atoms with Crippen molar-refractivity contribution in [1.82, 2.24) is 9.88 Å². The Morgan fingerprint density at radius 3 is 2.83 bits per heavy atom. The quantitative estimate of drug-likeness (QED) is 0.748. The lowest BCUT2D eigenvalue weighted by atomic mass is 10.2. The van der Waals surface area contributed by atoms with E-state index in [-0.39, 0.29) is 0 Å². The van der Waals surface area contributed by atoms with E-state index in [4.69, 9.17) is 0 Å². The second-order valence-electron chi connectivity index (χ2n) is 4.71. The minimum Gasteiger partial charge on any atom is -0.464 e. The number of carbonyl (C=O) groups is 1. The van der Waals surface area contributed by atoms with E-state index in [2.05, 4.69) is 33.6 Å². The van der Waals surface area contributed by atoms with E-state index in [1.807, 2.05) is 6.07 Å². The van der Waals surface area contributed by atoms with E-state index in [1.54, 1.807) is 12.3 Å². The second-order valence-corrected chi connectivity index (χ2v) is 4.71. The van der Waals surface area contributed by atoms with Crippen LogP contribution in [0.25, 0.3) is 0 Å². The number of likely N-dealkylation sites (tertiary alicyclic amines) is 1. The molecule has 0 N–H and O–H groups in total. The molecule has 1 fully saturated rings. The van der Waals surface area contributed by atoms with E-state index in [1.165, 1.54) is 7.11 Å². The highest BCUT2D eigenvalue weighted by molar-refractivity contribution is 5.87. The summed E-state index contributed by atoms with van der Waals surface area (Å²) < 4.78 is 4.63. The number of aromatic nitrogens is 1. The first-order valence-electron chi connectivity index (χ1n) is 6.07. The first kappa shape index (κ1) is 12.8. The van der Waals surface area contributed by atoms with Gasteiger partial charge in [-0.3, -0.25) is 0 Å². The molecule has 5 nitrogen and oxygen atoms in total. The molecule has 1 saturated heterocycles. The van der Waals surface area contributed by atoms with Crippen molar-refractivity contribution in [3.8, 4) is 0 Å². The Morgan fingerprint density at radius 2 is 2.33 bits per heavy atom. The lowest BCUT2D eigenvalue weighted by molar-refractivity contribution is 0.0594. The lowest BCUT2D eigenvalue weighted by Crippen LogP contribution is -2.33. The molecule has 2 rings (SSSR count). The van der Waals surface area contributed by atoms with Gasteiger partial charge < -0.3 is 14.5 Å². The molecule has 0 bridgehead atoms. The van der Waals surface area contributed by atoms with Gasteiger partial charge in [-0.1, -0.05) is 0 Å². The Morgan fingerprint density at radius 1 is 1.56 bits per heavy atom. The van der Waals surface area contributed by atoms with E-state index < -0.39 is 5.97 Å². The maximum atomic E-state index is 11.3. The minimum absolute atomic E-state index is 0.346. The van der Waals surface area contributed by atoms with Gasteiger partial charge in [0.1, 0.15) is 5.69 Å². The van der Waals surface area contributed by atoms with Crippen molar-refractivity contribution in [2.24, 2.45) is 0 Å². The summed E-state index contributed by atoms with van der Waals surface area (Å²) >= 11 is 0. The summed E-state index contributed by atoms with van der Waals surface area (Å²) in [4.78, 5) is 20.0. The van der Waals surface area contributed by atoms with Gasteiger partial charge in [-0.2, -0.15) is 0 Å². The van der Waals surface area contributed by atoms with Crippen LogP contribution >= 0.6 is 0 Å². The van der Waals surface area contributed by atoms with E-state index in [0.29, 0.717) is 11.7 Å². The Labute approximate surface area is 107 Å². The normalized spacial score (nSPS) is 19.8. The second kappa shape index (κ2) is 5.35. The van der Waals surface area contributed by atoms with E-state index in [0.717, 1.165) is 25.2 Å². The summed E-state index contributed by atoms with van der Waals surface area (Å²) in [7, 11) is 5.56. The molecular formula is C13H19N3O2. The highest BCUT2D eigenvalue weighted by Crippen LogP contribution is 2.20. The van der Waals surface area contributed by atoms with Gasteiger partial charge >= 0.3 is 5.97 Å². The number of hydrogen-bond acceptors (Lipinski definition) is 5. The summed E-state index contributed by atoms with van der Waals surface area (Å²) in [6, 6.07) is 4.13. The van der Waals surface area contributed by atoms with Crippen LogP contribution in [0.2, 0.25) is 0 Å². The van der Waals surface area contributed by atoms with Crippen LogP contribution in [0.1, 0.15) is 16.9 Å². The third-order valence-corrected chi connectivity index (χ3v) is 3.46. The fourth-order valence-electron chi connectivity index (χ4n) is 2.26. The first-order valence-corrected chi connectivity index (χ1v) is 6.07. The number of nitrogens with zero attached hydrogens (tertiary/aromatic N) is 3. The highest BCUT2D eigenvalue weighted by atomic mass is 16.5. The molecule has 2 heterocycles. The Bertz CT molecular complexity index is 419. The zero-order valence-electron chi connectivity index (χ0n) is 11.1. The maximum absolute atomic E-state index is 11.3. The van der Waals surface area contributed by atoms with E-state index >= 15 is 0 Å². The van der Waals surface area contributed by atoms with Crippen molar-refractivity contribution < 1.29 is 9.53 Å². The van der Waals surface area contributed by atoms with Gasteiger partial charge in [-0.25, -0.2) is 9.78 Å². The summed E-state index contributed by atoms with van der Waals surface area (Å²) in [5.41, 5.74) is 1.38. The van der Waals surface area contributed by atoms with Gasteiger partial charge in [-0.15, -0.1) is 0 Å². The fraction of sp³-hybridized carbons (Fsp3) is 0.538. The number of ether oxygens (including phenoxy) is 1. The van der Waals surface area contributed by atoms with Gasteiger partial charge in [0.25, 0.3) is 0 Å². The Balaban J connectivity index is 2.07. The summed E-state index contributed by atoms with van der Waals surface area (Å²) in [6.07, 6.45) is 2.89. The van der Waals surface area contributed by atoms with Gasteiger partial charge in [-0.05, 0) is 32.1 Å². The molecule has 0 aliphatic carbocycles. The molecule has 0 radical (unpaired) electrons. The van der Waals surface area contributed by atoms with Crippen LogP contribution < -0.4 is 4.90 Å². The zero-order chi connectivity index (χ0) is 13.1. The number of esters is 1. The van der Waals surface area contributed by atoms with Gasteiger partial charge in [0.2, 0.25) is 0 Å². The largest absolute Gasteiger partial charge is 0.464 e. The molecule has 1 atom stereocenters. The van der Waals surface area contributed by atoms with Gasteiger partial charge in [0.15, 0.2) is 0 Å². The first-order chi connectivity index (χ1) is 8.61. The maximum Gasteiger partial charge on any atom is 0.356 e. The van der Waals surface area contributed by atoms with Crippen molar-refractivity contribution >= 4 is 11.7 Å². The number of hydrogen-bond donors (Lipinski definition) is 0. The van der Waals surface area contributed by atoms with Crippen LogP contribution in [0.4, 0.5) is 5.69 Å². The molecule has 0 spiro atoms. The van der Waals surface area contributed by atoms with Crippen molar-refractivity contribution in [1.29, 1.82) is 0 Å². The predicted molar refractivity (Wildman–Crippen MR) is 69.9 cm³/mol. The fourth-order valence-corrected chi connectivity index (χ4v) is 2.26. The average Bonchev–Trinajstić information content (AvgIpc) is 2.84. The van der Waals surface area contributed by atoms with Crippen molar-refractivity contribution in [2.75, 3.05) is 39.2 Å². The van der Waals surface area contributed by atoms with Gasteiger partial charge in [0, 0.05) is 19.6 Å². The molecule has 18 heavy (non-hydrogen) atoms. The molecular weight excluding hydrogens is 230 g/mol. The SMILES string of the molecule is COC(=O)c1ccc(N(C)[C@@H]2CCN(C)C2)cn1. The lowest BCUT2D eigenvalue weighted by Gasteiger charge is -2.26. The molecule has 1 aromatic rings. The molecule has 1 aliphatic heterocycles. The Hall–Kier alpha value is -1.62. The summed E-state index contributed by atoms with van der Waals surface area (Å²) in [6.45, 7) is 2.19. The molecule has 0 unspecified atom stereocenters. The van der Waals surface area contributed by atoms with E-state index in [9.17, 15) is 4.79 Å². The Kier molecular flexibility index (Phi) is 3.81. The molecule has 5 heteroatoms. The molecule has 0 saturated carbocycles. The molecule has 1 aliphatic rings. The highest BCUT2D eigenvalue weighted by Gasteiger charge is 2.23. The number of methoxy groups -OCH3 is 1. The predicted octanol–water partition coefficient (Wildman–Crippen LogP) is 1.01. The number of rotatable bonds is 3. The third-order valence-electron chi connectivity index (χ3n) is 3.46. The van der Waals surface area contributed by atoms with Crippen molar-refractivity contribution in [2.45, 2.75) is 12.5 Å². The molecule has 98 valence electrons. The van der Waals surface area contributed by atoms with Crippen molar-refractivity contribution in [3.63, 3.8) is 0 Å². The molecule has 0 amide bonds. The van der Waals surface area contributed by atoms with Crippen LogP contribution in [0.15, 0.2) is 18.3 Å². The van der Waals surface area contributed by atoms with Crippen LogP contribution in [0.5, 0.6) is 0 Å². The summed E-state index contributed by atoms with van der Waals surface area (Å²) in [5.74, 6) is -0.398.